The number of pyridine rings is 1. The molecule has 1 aromatic heterocycles. The van der Waals surface area contributed by atoms with Gasteiger partial charge in [0.05, 0.1) is 5.56 Å². The predicted octanol–water partition coefficient (Wildman–Crippen LogP) is 5.27. The molecule has 0 spiro atoms. The van der Waals surface area contributed by atoms with Crippen LogP contribution in [-0.2, 0) is 12.7 Å². The molecule has 0 unspecified atom stereocenters. The molecule has 0 aliphatic heterocycles. The average molecular weight is 385 g/mol. The first-order valence-electron chi connectivity index (χ1n) is 8.55. The van der Waals surface area contributed by atoms with Crippen molar-refractivity contribution in [1.82, 2.24) is 4.98 Å². The molecular formula is C21H18F3N3O. The first kappa shape index (κ1) is 19.4. The number of carbonyl (C=O) groups is 1. The molecule has 4 nitrogen and oxygen atoms in total. The van der Waals surface area contributed by atoms with Crippen molar-refractivity contribution in [2.75, 3.05) is 10.6 Å². The quantitative estimate of drug-likeness (QED) is 0.629. The minimum absolute atomic E-state index is 0.161. The van der Waals surface area contributed by atoms with Crippen molar-refractivity contribution in [2.45, 2.75) is 19.6 Å². The number of hydrogen-bond donors (Lipinski definition) is 2. The number of alkyl halides is 3. The molecule has 0 saturated carbocycles. The molecule has 1 heterocycles. The molecule has 2 N–H and O–H groups in total. The summed E-state index contributed by atoms with van der Waals surface area (Å²) in [4.78, 5) is 16.4. The Morgan fingerprint density at radius 2 is 1.75 bits per heavy atom. The number of aryl methyl sites for hydroxylation is 1. The average Bonchev–Trinajstić information content (AvgIpc) is 2.66. The monoisotopic (exact) mass is 385 g/mol. The molecular weight excluding hydrogens is 367 g/mol. The zero-order chi connectivity index (χ0) is 20.1. The zero-order valence-corrected chi connectivity index (χ0v) is 15.0. The van der Waals surface area contributed by atoms with Crippen LogP contribution in [0, 0.1) is 6.92 Å². The van der Waals surface area contributed by atoms with Crippen molar-refractivity contribution in [1.29, 1.82) is 0 Å². The van der Waals surface area contributed by atoms with Crippen LogP contribution in [0.3, 0.4) is 0 Å². The molecule has 0 atom stereocenters. The third kappa shape index (κ3) is 5.09. The fourth-order valence-corrected chi connectivity index (χ4v) is 2.63. The van der Waals surface area contributed by atoms with E-state index in [0.717, 1.165) is 23.3 Å². The maximum Gasteiger partial charge on any atom is 0.416 e. The minimum Gasteiger partial charge on any atom is -0.381 e. The summed E-state index contributed by atoms with van der Waals surface area (Å²) in [7, 11) is 0. The lowest BCUT2D eigenvalue weighted by Gasteiger charge is -2.10. The molecule has 0 fully saturated rings. The number of anilines is 2. The SMILES string of the molecule is Cc1cccc(CNc2ccnc(C(=O)Nc3ccc(C(F)(F)F)cc3)c2)c1. The second kappa shape index (κ2) is 8.12. The van der Waals surface area contributed by atoms with E-state index in [0.29, 0.717) is 12.2 Å². The molecule has 3 aromatic rings. The maximum atomic E-state index is 12.6. The maximum absolute atomic E-state index is 12.6. The van der Waals surface area contributed by atoms with E-state index in [1.165, 1.54) is 18.3 Å². The Labute approximate surface area is 160 Å². The van der Waals surface area contributed by atoms with Crippen LogP contribution in [0.25, 0.3) is 0 Å². The number of nitrogens with zero attached hydrogens (tertiary/aromatic N) is 1. The normalized spacial score (nSPS) is 11.1. The molecule has 0 aliphatic rings. The summed E-state index contributed by atoms with van der Waals surface area (Å²) >= 11 is 0. The van der Waals surface area contributed by atoms with Crippen LogP contribution in [0.2, 0.25) is 0 Å². The highest BCUT2D eigenvalue weighted by atomic mass is 19.4. The summed E-state index contributed by atoms with van der Waals surface area (Å²) in [6.45, 7) is 2.60. The van der Waals surface area contributed by atoms with Gasteiger partial charge in [-0.15, -0.1) is 0 Å². The van der Waals surface area contributed by atoms with Gasteiger partial charge in [0.25, 0.3) is 5.91 Å². The highest BCUT2D eigenvalue weighted by Gasteiger charge is 2.30. The van der Waals surface area contributed by atoms with E-state index in [4.69, 9.17) is 0 Å². The molecule has 2 aromatic carbocycles. The van der Waals surface area contributed by atoms with Gasteiger partial charge in [0.15, 0.2) is 0 Å². The second-order valence-electron chi connectivity index (χ2n) is 6.30. The fourth-order valence-electron chi connectivity index (χ4n) is 2.63. The van der Waals surface area contributed by atoms with Crippen LogP contribution >= 0.6 is 0 Å². The summed E-state index contributed by atoms with van der Waals surface area (Å²) in [5.74, 6) is -0.501. The molecule has 1 amide bonds. The highest BCUT2D eigenvalue weighted by Crippen LogP contribution is 2.29. The van der Waals surface area contributed by atoms with Gasteiger partial charge in [-0.2, -0.15) is 13.2 Å². The first-order valence-corrected chi connectivity index (χ1v) is 8.55. The van der Waals surface area contributed by atoms with Crippen LogP contribution in [0.4, 0.5) is 24.5 Å². The summed E-state index contributed by atoms with van der Waals surface area (Å²) in [5, 5.41) is 5.78. The Bertz CT molecular complexity index is 969. The van der Waals surface area contributed by atoms with Crippen molar-refractivity contribution < 1.29 is 18.0 Å². The van der Waals surface area contributed by atoms with Gasteiger partial charge in [-0.3, -0.25) is 9.78 Å². The van der Waals surface area contributed by atoms with Crippen molar-refractivity contribution in [3.63, 3.8) is 0 Å². The summed E-state index contributed by atoms with van der Waals surface area (Å²) in [5.41, 5.74) is 2.63. The van der Waals surface area contributed by atoms with Crippen LogP contribution in [0.1, 0.15) is 27.2 Å². The summed E-state index contributed by atoms with van der Waals surface area (Å²) in [6.07, 6.45) is -2.92. The molecule has 28 heavy (non-hydrogen) atoms. The Balaban J connectivity index is 1.65. The second-order valence-corrected chi connectivity index (χ2v) is 6.30. The predicted molar refractivity (Wildman–Crippen MR) is 102 cm³/mol. The summed E-state index contributed by atoms with van der Waals surface area (Å²) < 4.78 is 37.8. The number of amides is 1. The van der Waals surface area contributed by atoms with E-state index < -0.39 is 17.6 Å². The lowest BCUT2D eigenvalue weighted by atomic mass is 10.1. The van der Waals surface area contributed by atoms with Crippen LogP contribution in [0.15, 0.2) is 66.9 Å². The molecule has 7 heteroatoms. The number of hydrogen-bond acceptors (Lipinski definition) is 3. The Morgan fingerprint density at radius 1 is 1.00 bits per heavy atom. The molecule has 0 bridgehead atoms. The van der Waals surface area contributed by atoms with Gasteiger partial charge in [0.1, 0.15) is 5.69 Å². The number of nitrogens with one attached hydrogen (secondary N) is 2. The first-order chi connectivity index (χ1) is 13.3. The van der Waals surface area contributed by atoms with Gasteiger partial charge in [0, 0.05) is 24.1 Å². The standard InChI is InChI=1S/C21H18F3N3O/c1-14-3-2-4-15(11-14)13-26-18-9-10-25-19(12-18)20(28)27-17-7-5-16(6-8-17)21(22,23)24/h2-12H,13H2,1H3,(H,25,26)(H,27,28). The lowest BCUT2D eigenvalue weighted by Crippen LogP contribution is -2.14. The summed E-state index contributed by atoms with van der Waals surface area (Å²) in [6, 6.07) is 15.6. The van der Waals surface area contributed by atoms with Crippen LogP contribution in [0.5, 0.6) is 0 Å². The molecule has 0 radical (unpaired) electrons. The Hall–Kier alpha value is -3.35. The van der Waals surface area contributed by atoms with Crippen molar-refractivity contribution in [2.24, 2.45) is 0 Å². The third-order valence-electron chi connectivity index (χ3n) is 4.04. The molecule has 3 rings (SSSR count). The lowest BCUT2D eigenvalue weighted by molar-refractivity contribution is -0.137. The van der Waals surface area contributed by atoms with Crippen molar-refractivity contribution in [3.05, 3.63) is 89.2 Å². The zero-order valence-electron chi connectivity index (χ0n) is 15.0. The minimum atomic E-state index is -4.42. The van der Waals surface area contributed by atoms with Gasteiger partial charge in [-0.05, 0) is 48.9 Å². The number of halogens is 3. The van der Waals surface area contributed by atoms with E-state index >= 15 is 0 Å². The van der Waals surface area contributed by atoms with Crippen molar-refractivity contribution in [3.8, 4) is 0 Å². The molecule has 0 aliphatic carbocycles. The van der Waals surface area contributed by atoms with Crippen LogP contribution in [-0.4, -0.2) is 10.9 Å². The van der Waals surface area contributed by atoms with Crippen LogP contribution < -0.4 is 10.6 Å². The van der Waals surface area contributed by atoms with E-state index in [2.05, 4.69) is 21.7 Å². The van der Waals surface area contributed by atoms with E-state index in [9.17, 15) is 18.0 Å². The number of carbonyl (C=O) groups excluding carboxylic acids is 1. The highest BCUT2D eigenvalue weighted by molar-refractivity contribution is 6.03. The number of aromatic nitrogens is 1. The Kier molecular flexibility index (Phi) is 5.63. The van der Waals surface area contributed by atoms with Gasteiger partial charge < -0.3 is 10.6 Å². The topological polar surface area (TPSA) is 54.0 Å². The Morgan fingerprint density at radius 3 is 2.43 bits per heavy atom. The largest absolute Gasteiger partial charge is 0.416 e. The van der Waals surface area contributed by atoms with E-state index in [1.807, 2.05) is 25.1 Å². The number of benzene rings is 2. The van der Waals surface area contributed by atoms with Gasteiger partial charge in [0.2, 0.25) is 0 Å². The van der Waals surface area contributed by atoms with Crippen molar-refractivity contribution >= 4 is 17.3 Å². The smallest absolute Gasteiger partial charge is 0.381 e. The molecule has 144 valence electrons. The fraction of sp³-hybridized carbons (Fsp3) is 0.143. The van der Waals surface area contributed by atoms with Gasteiger partial charge in [-0.25, -0.2) is 0 Å². The molecule has 0 saturated heterocycles. The van der Waals surface area contributed by atoms with Gasteiger partial charge in [-0.1, -0.05) is 29.8 Å². The van der Waals surface area contributed by atoms with E-state index in [1.54, 1.807) is 12.1 Å². The van der Waals surface area contributed by atoms with E-state index in [-0.39, 0.29) is 11.4 Å². The third-order valence-corrected chi connectivity index (χ3v) is 4.04. The van der Waals surface area contributed by atoms with Gasteiger partial charge >= 0.3 is 6.18 Å². The number of rotatable bonds is 5.